The van der Waals surface area contributed by atoms with Crippen molar-refractivity contribution < 1.29 is 9.90 Å². The molecule has 1 aromatic heterocycles. The summed E-state index contributed by atoms with van der Waals surface area (Å²) in [6, 6.07) is 18.5. The predicted molar refractivity (Wildman–Crippen MR) is 123 cm³/mol. The molecule has 1 aliphatic rings. The Hall–Kier alpha value is -2.88. The molecule has 30 heavy (non-hydrogen) atoms. The van der Waals surface area contributed by atoms with Gasteiger partial charge in [0.1, 0.15) is 11.9 Å². The number of carboxylic acids is 1. The van der Waals surface area contributed by atoms with Crippen molar-refractivity contribution in [2.45, 2.75) is 57.9 Å². The number of rotatable bonds is 8. The highest BCUT2D eigenvalue weighted by Gasteiger charge is 2.31. The molecule has 2 aromatic carbocycles. The Morgan fingerprint density at radius 3 is 2.70 bits per heavy atom. The second-order valence-corrected chi connectivity index (χ2v) is 8.25. The summed E-state index contributed by atoms with van der Waals surface area (Å²) < 4.78 is 0. The van der Waals surface area contributed by atoms with E-state index in [9.17, 15) is 9.90 Å². The first-order valence-corrected chi connectivity index (χ1v) is 11.2. The van der Waals surface area contributed by atoms with Gasteiger partial charge in [-0.05, 0) is 60.6 Å². The molecule has 0 aliphatic carbocycles. The Kier molecular flexibility index (Phi) is 6.32. The number of fused-ring (bicyclic) bond motifs is 1. The lowest BCUT2D eigenvalue weighted by Crippen LogP contribution is -2.36. The van der Waals surface area contributed by atoms with E-state index in [-0.39, 0.29) is 0 Å². The van der Waals surface area contributed by atoms with Gasteiger partial charge in [0, 0.05) is 11.9 Å². The van der Waals surface area contributed by atoms with Crippen LogP contribution >= 0.6 is 0 Å². The molecule has 1 fully saturated rings. The minimum atomic E-state index is -0.766. The third-order valence-electron chi connectivity index (χ3n) is 6.10. The van der Waals surface area contributed by atoms with Gasteiger partial charge < -0.3 is 10.0 Å². The normalized spacial score (nSPS) is 16.3. The number of aromatic nitrogens is 1. The van der Waals surface area contributed by atoms with Crippen LogP contribution in [0.15, 0.2) is 54.6 Å². The van der Waals surface area contributed by atoms with E-state index in [1.807, 2.05) is 23.1 Å². The van der Waals surface area contributed by atoms with Gasteiger partial charge in [0.2, 0.25) is 0 Å². The second kappa shape index (κ2) is 9.29. The van der Waals surface area contributed by atoms with E-state index in [0.717, 1.165) is 47.2 Å². The van der Waals surface area contributed by atoms with Crippen LogP contribution in [0, 0.1) is 0 Å². The summed E-state index contributed by atoms with van der Waals surface area (Å²) in [5.41, 5.74) is 4.54. The van der Waals surface area contributed by atoms with Gasteiger partial charge in [-0.1, -0.05) is 62.6 Å². The van der Waals surface area contributed by atoms with E-state index in [4.69, 9.17) is 4.98 Å². The van der Waals surface area contributed by atoms with Crippen LogP contribution in [-0.2, 0) is 11.2 Å². The van der Waals surface area contributed by atoms with Crippen LogP contribution < -0.4 is 4.90 Å². The standard InChI is InChI=1S/C26H30N2O2/c1-2-3-4-6-10-19-14-15-23-22(17-19)21(20-11-7-5-8-12-20)18-25(27-23)28-16-9-13-24(28)26(29)30/h5,7-8,11-12,14-15,17-18,24H,2-4,6,9-10,13,16H2,1H3,(H,29,30). The molecule has 0 bridgehead atoms. The number of nitrogens with zero attached hydrogens (tertiary/aromatic N) is 2. The smallest absolute Gasteiger partial charge is 0.326 e. The van der Waals surface area contributed by atoms with E-state index in [0.29, 0.717) is 6.42 Å². The Balaban J connectivity index is 1.76. The van der Waals surface area contributed by atoms with Gasteiger partial charge in [0.25, 0.3) is 0 Å². The maximum absolute atomic E-state index is 11.7. The highest BCUT2D eigenvalue weighted by molar-refractivity contribution is 5.97. The second-order valence-electron chi connectivity index (χ2n) is 8.25. The van der Waals surface area contributed by atoms with Gasteiger partial charge in [0.15, 0.2) is 0 Å². The molecule has 1 unspecified atom stereocenters. The lowest BCUT2D eigenvalue weighted by atomic mass is 9.97. The quantitative estimate of drug-likeness (QED) is 0.464. The fourth-order valence-electron chi connectivity index (χ4n) is 4.47. The summed E-state index contributed by atoms with van der Waals surface area (Å²) in [5, 5.41) is 10.8. The lowest BCUT2D eigenvalue weighted by Gasteiger charge is -2.24. The number of aliphatic carboxylic acids is 1. The van der Waals surface area contributed by atoms with Crippen molar-refractivity contribution in [1.29, 1.82) is 0 Å². The average molecular weight is 403 g/mol. The molecule has 0 amide bonds. The molecule has 2 heterocycles. The number of pyridine rings is 1. The number of benzene rings is 2. The number of carboxylic acid groups (broad SMARTS) is 1. The zero-order valence-electron chi connectivity index (χ0n) is 17.7. The monoisotopic (exact) mass is 402 g/mol. The van der Waals surface area contributed by atoms with E-state index < -0.39 is 12.0 Å². The van der Waals surface area contributed by atoms with Crippen molar-refractivity contribution in [1.82, 2.24) is 4.98 Å². The molecule has 4 nitrogen and oxygen atoms in total. The summed E-state index contributed by atoms with van der Waals surface area (Å²) in [7, 11) is 0. The van der Waals surface area contributed by atoms with E-state index in [1.165, 1.54) is 31.2 Å². The van der Waals surface area contributed by atoms with Gasteiger partial charge in [0.05, 0.1) is 5.52 Å². The third kappa shape index (κ3) is 4.33. The Morgan fingerprint density at radius 1 is 1.10 bits per heavy atom. The molecular weight excluding hydrogens is 372 g/mol. The molecule has 1 N–H and O–H groups in total. The number of aryl methyl sites for hydroxylation is 1. The Labute approximate surface area is 178 Å². The first-order chi connectivity index (χ1) is 14.7. The first-order valence-electron chi connectivity index (χ1n) is 11.2. The van der Waals surface area contributed by atoms with Crippen LogP contribution in [0.2, 0.25) is 0 Å². The van der Waals surface area contributed by atoms with Gasteiger partial charge in [-0.2, -0.15) is 0 Å². The zero-order chi connectivity index (χ0) is 20.9. The van der Waals surface area contributed by atoms with E-state index in [1.54, 1.807) is 0 Å². The minimum Gasteiger partial charge on any atom is -0.480 e. The maximum atomic E-state index is 11.7. The summed E-state index contributed by atoms with van der Waals surface area (Å²) >= 11 is 0. The largest absolute Gasteiger partial charge is 0.480 e. The summed E-state index contributed by atoms with van der Waals surface area (Å²) in [4.78, 5) is 18.6. The number of carbonyl (C=O) groups is 1. The molecular formula is C26H30N2O2. The van der Waals surface area contributed by atoms with Crippen LogP contribution in [0.3, 0.4) is 0 Å². The summed E-state index contributed by atoms with van der Waals surface area (Å²) in [5.74, 6) is 0.0000316. The van der Waals surface area contributed by atoms with Crippen LogP contribution in [0.5, 0.6) is 0 Å². The highest BCUT2D eigenvalue weighted by Crippen LogP contribution is 2.34. The van der Waals surface area contributed by atoms with Gasteiger partial charge >= 0.3 is 5.97 Å². The van der Waals surface area contributed by atoms with Crippen LogP contribution in [0.1, 0.15) is 51.0 Å². The summed E-state index contributed by atoms with van der Waals surface area (Å²) in [6.45, 7) is 2.97. The minimum absolute atomic E-state index is 0.489. The molecule has 0 radical (unpaired) electrons. The number of hydrogen-bond donors (Lipinski definition) is 1. The molecule has 1 saturated heterocycles. The fraction of sp³-hybridized carbons (Fsp3) is 0.385. The average Bonchev–Trinajstić information content (AvgIpc) is 3.27. The molecule has 0 spiro atoms. The molecule has 1 atom stereocenters. The lowest BCUT2D eigenvalue weighted by molar-refractivity contribution is -0.138. The van der Waals surface area contributed by atoms with Crippen LogP contribution in [0.4, 0.5) is 5.82 Å². The van der Waals surface area contributed by atoms with Crippen molar-refractivity contribution in [2.75, 3.05) is 11.4 Å². The topological polar surface area (TPSA) is 53.4 Å². The summed E-state index contributed by atoms with van der Waals surface area (Å²) in [6.07, 6.45) is 7.65. The van der Waals surface area contributed by atoms with Crippen molar-refractivity contribution in [3.63, 3.8) is 0 Å². The molecule has 4 rings (SSSR count). The highest BCUT2D eigenvalue weighted by atomic mass is 16.4. The zero-order valence-corrected chi connectivity index (χ0v) is 17.7. The van der Waals surface area contributed by atoms with Gasteiger partial charge in [-0.3, -0.25) is 0 Å². The third-order valence-corrected chi connectivity index (χ3v) is 6.10. The Bertz CT molecular complexity index is 1020. The molecule has 1 aliphatic heterocycles. The fourth-order valence-corrected chi connectivity index (χ4v) is 4.47. The van der Waals surface area contributed by atoms with Crippen molar-refractivity contribution in [2.24, 2.45) is 0 Å². The van der Waals surface area contributed by atoms with E-state index >= 15 is 0 Å². The molecule has 4 heteroatoms. The molecule has 156 valence electrons. The van der Waals surface area contributed by atoms with Crippen molar-refractivity contribution in [3.05, 3.63) is 60.2 Å². The number of hydrogen-bond acceptors (Lipinski definition) is 3. The number of unbranched alkanes of at least 4 members (excludes halogenated alkanes) is 3. The SMILES string of the molecule is CCCCCCc1ccc2nc(N3CCCC3C(=O)O)cc(-c3ccccc3)c2c1. The van der Waals surface area contributed by atoms with E-state index in [2.05, 4.69) is 43.3 Å². The van der Waals surface area contributed by atoms with Gasteiger partial charge in [-0.15, -0.1) is 0 Å². The predicted octanol–water partition coefficient (Wildman–Crippen LogP) is 6.08. The van der Waals surface area contributed by atoms with Crippen LogP contribution in [-0.4, -0.2) is 28.6 Å². The molecule has 3 aromatic rings. The van der Waals surface area contributed by atoms with Gasteiger partial charge in [-0.25, -0.2) is 9.78 Å². The Morgan fingerprint density at radius 2 is 1.93 bits per heavy atom. The first kappa shape index (κ1) is 20.4. The number of anilines is 1. The van der Waals surface area contributed by atoms with Crippen molar-refractivity contribution >= 4 is 22.7 Å². The van der Waals surface area contributed by atoms with Crippen molar-refractivity contribution in [3.8, 4) is 11.1 Å². The maximum Gasteiger partial charge on any atom is 0.326 e. The van der Waals surface area contributed by atoms with Crippen LogP contribution in [0.25, 0.3) is 22.0 Å². The molecule has 0 saturated carbocycles.